The van der Waals surface area contributed by atoms with Crippen LogP contribution in [0.2, 0.25) is 0 Å². The quantitative estimate of drug-likeness (QED) is 0.813. The number of carbonyl (C=O) groups excluding carboxylic acids is 2. The molecule has 1 aromatic rings. The molecule has 1 rings (SSSR count). The fourth-order valence-corrected chi connectivity index (χ4v) is 2.21. The van der Waals surface area contributed by atoms with Gasteiger partial charge in [-0.1, -0.05) is 0 Å². The van der Waals surface area contributed by atoms with Gasteiger partial charge in [0.2, 0.25) is 5.91 Å². The molecule has 0 saturated heterocycles. The van der Waals surface area contributed by atoms with Gasteiger partial charge in [0.15, 0.2) is 5.69 Å². The number of aromatic nitrogens is 2. The molecule has 1 unspecified atom stereocenters. The molecule has 1 aromatic heterocycles. The van der Waals surface area contributed by atoms with Gasteiger partial charge in [0.05, 0.1) is 7.11 Å². The summed E-state index contributed by atoms with van der Waals surface area (Å²) in [6, 6.07) is -0.513. The zero-order valence-corrected chi connectivity index (χ0v) is 12.6. The summed E-state index contributed by atoms with van der Waals surface area (Å²) in [6.45, 7) is 8.52. The fraction of sp³-hybridized carbons (Fsp3) is 0.615. The van der Waals surface area contributed by atoms with Crippen LogP contribution in [0.3, 0.4) is 0 Å². The molecule has 2 N–H and O–H groups in total. The van der Waals surface area contributed by atoms with Crippen molar-refractivity contribution in [3.8, 4) is 0 Å². The SMILES string of the molecule is CCN(CC)C(=O)C(C)n1c(C)nc(C(=O)OC)c1N. The summed E-state index contributed by atoms with van der Waals surface area (Å²) in [4.78, 5) is 29.7. The molecule has 20 heavy (non-hydrogen) atoms. The summed E-state index contributed by atoms with van der Waals surface area (Å²) in [5, 5.41) is 0. The van der Waals surface area contributed by atoms with Gasteiger partial charge in [-0.3, -0.25) is 4.79 Å². The summed E-state index contributed by atoms with van der Waals surface area (Å²) in [7, 11) is 1.26. The van der Waals surface area contributed by atoms with Gasteiger partial charge in [0.1, 0.15) is 17.7 Å². The largest absolute Gasteiger partial charge is 0.464 e. The number of nitrogens with zero attached hydrogens (tertiary/aromatic N) is 3. The molecule has 0 aliphatic heterocycles. The van der Waals surface area contributed by atoms with Crippen LogP contribution in [0.1, 0.15) is 43.1 Å². The molecule has 1 atom stereocenters. The number of imidazole rings is 1. The Balaban J connectivity index is 3.17. The average molecular weight is 282 g/mol. The van der Waals surface area contributed by atoms with Crippen molar-refractivity contribution in [3.63, 3.8) is 0 Å². The van der Waals surface area contributed by atoms with Crippen LogP contribution in [0, 0.1) is 6.92 Å². The molecule has 0 fully saturated rings. The molecule has 0 aliphatic rings. The number of carbonyl (C=O) groups is 2. The van der Waals surface area contributed by atoms with Crippen molar-refractivity contribution in [2.24, 2.45) is 0 Å². The Hall–Kier alpha value is -2.05. The van der Waals surface area contributed by atoms with Crippen LogP contribution in [0.25, 0.3) is 0 Å². The zero-order valence-electron chi connectivity index (χ0n) is 12.6. The van der Waals surface area contributed by atoms with Crippen LogP contribution in [-0.2, 0) is 9.53 Å². The maximum Gasteiger partial charge on any atom is 0.360 e. The summed E-state index contributed by atoms with van der Waals surface area (Å²) < 4.78 is 6.19. The molecule has 7 heteroatoms. The number of ether oxygens (including phenoxy) is 1. The Morgan fingerprint density at radius 3 is 2.40 bits per heavy atom. The van der Waals surface area contributed by atoms with Gasteiger partial charge < -0.3 is 19.9 Å². The Labute approximate surface area is 118 Å². The van der Waals surface area contributed by atoms with E-state index in [4.69, 9.17) is 5.73 Å². The number of aryl methyl sites for hydroxylation is 1. The third-order valence-electron chi connectivity index (χ3n) is 3.32. The topological polar surface area (TPSA) is 90.5 Å². The van der Waals surface area contributed by atoms with Crippen LogP contribution < -0.4 is 5.73 Å². The molecule has 0 aromatic carbocycles. The number of hydrogen-bond acceptors (Lipinski definition) is 5. The van der Waals surface area contributed by atoms with E-state index in [2.05, 4.69) is 9.72 Å². The van der Waals surface area contributed by atoms with Crippen LogP contribution in [0.5, 0.6) is 0 Å². The van der Waals surface area contributed by atoms with Gasteiger partial charge in [-0.15, -0.1) is 0 Å². The van der Waals surface area contributed by atoms with Crippen molar-refractivity contribution in [1.29, 1.82) is 0 Å². The highest BCUT2D eigenvalue weighted by Gasteiger charge is 2.27. The number of rotatable bonds is 5. The minimum atomic E-state index is -0.605. The Morgan fingerprint density at radius 2 is 1.95 bits per heavy atom. The fourth-order valence-electron chi connectivity index (χ4n) is 2.21. The number of methoxy groups -OCH3 is 1. The van der Waals surface area contributed by atoms with E-state index in [9.17, 15) is 9.59 Å². The summed E-state index contributed by atoms with van der Waals surface area (Å²) in [5.41, 5.74) is 5.98. The lowest BCUT2D eigenvalue weighted by Crippen LogP contribution is -2.36. The molecule has 1 amide bonds. The van der Waals surface area contributed by atoms with E-state index in [-0.39, 0.29) is 17.4 Å². The Bertz CT molecular complexity index is 506. The van der Waals surface area contributed by atoms with E-state index in [1.807, 2.05) is 13.8 Å². The summed E-state index contributed by atoms with van der Waals surface area (Å²) in [6.07, 6.45) is 0. The van der Waals surface area contributed by atoms with Crippen molar-refractivity contribution >= 4 is 17.7 Å². The predicted molar refractivity (Wildman–Crippen MR) is 75.4 cm³/mol. The average Bonchev–Trinajstić information content (AvgIpc) is 2.73. The normalized spacial score (nSPS) is 12.1. The van der Waals surface area contributed by atoms with Crippen molar-refractivity contribution in [2.45, 2.75) is 33.7 Å². The number of nitrogens with two attached hydrogens (primary N) is 1. The highest BCUT2D eigenvalue weighted by molar-refractivity contribution is 5.93. The maximum absolute atomic E-state index is 12.4. The summed E-state index contributed by atoms with van der Waals surface area (Å²) in [5.74, 6) is 0.00344. The van der Waals surface area contributed by atoms with E-state index < -0.39 is 12.0 Å². The van der Waals surface area contributed by atoms with Crippen molar-refractivity contribution in [2.75, 3.05) is 25.9 Å². The van der Waals surface area contributed by atoms with Crippen LogP contribution in [0.15, 0.2) is 0 Å². The van der Waals surface area contributed by atoms with Crippen molar-refractivity contribution in [1.82, 2.24) is 14.5 Å². The minimum absolute atomic E-state index is 0.0456. The second-order valence-electron chi connectivity index (χ2n) is 4.44. The van der Waals surface area contributed by atoms with Gasteiger partial charge in [0, 0.05) is 13.1 Å². The Kier molecular flexibility index (Phi) is 5.12. The molecule has 0 saturated carbocycles. The lowest BCUT2D eigenvalue weighted by molar-refractivity contribution is -0.133. The molecule has 0 spiro atoms. The smallest absolute Gasteiger partial charge is 0.360 e. The molecule has 0 aliphatic carbocycles. The van der Waals surface area contributed by atoms with Gasteiger partial charge in [-0.25, -0.2) is 9.78 Å². The maximum atomic E-state index is 12.4. The van der Waals surface area contributed by atoms with Crippen LogP contribution in [-0.4, -0.2) is 46.5 Å². The highest BCUT2D eigenvalue weighted by Crippen LogP contribution is 2.22. The third kappa shape index (κ3) is 2.76. The lowest BCUT2D eigenvalue weighted by atomic mass is 10.2. The van der Waals surface area contributed by atoms with Gasteiger partial charge >= 0.3 is 5.97 Å². The van der Waals surface area contributed by atoms with E-state index >= 15 is 0 Å². The first kappa shape index (κ1) is 16.0. The molecule has 0 bridgehead atoms. The van der Waals surface area contributed by atoms with Crippen LogP contribution >= 0.6 is 0 Å². The number of hydrogen-bond donors (Lipinski definition) is 1. The lowest BCUT2D eigenvalue weighted by Gasteiger charge is -2.24. The van der Waals surface area contributed by atoms with Gasteiger partial charge in [-0.05, 0) is 27.7 Å². The van der Waals surface area contributed by atoms with E-state index in [0.717, 1.165) is 0 Å². The molecule has 1 heterocycles. The molecule has 112 valence electrons. The van der Waals surface area contributed by atoms with E-state index in [1.165, 1.54) is 7.11 Å². The van der Waals surface area contributed by atoms with Crippen molar-refractivity contribution in [3.05, 3.63) is 11.5 Å². The van der Waals surface area contributed by atoms with E-state index in [1.54, 1.807) is 23.3 Å². The number of esters is 1. The zero-order chi connectivity index (χ0) is 15.4. The Morgan fingerprint density at radius 1 is 1.40 bits per heavy atom. The summed E-state index contributed by atoms with van der Waals surface area (Å²) >= 11 is 0. The third-order valence-corrected chi connectivity index (χ3v) is 3.32. The van der Waals surface area contributed by atoms with E-state index in [0.29, 0.717) is 18.9 Å². The van der Waals surface area contributed by atoms with Crippen LogP contribution in [0.4, 0.5) is 5.82 Å². The second kappa shape index (κ2) is 6.40. The number of anilines is 1. The monoisotopic (exact) mass is 282 g/mol. The number of amides is 1. The molecular weight excluding hydrogens is 260 g/mol. The van der Waals surface area contributed by atoms with Gasteiger partial charge in [0.25, 0.3) is 0 Å². The van der Waals surface area contributed by atoms with Gasteiger partial charge in [-0.2, -0.15) is 0 Å². The first-order valence-electron chi connectivity index (χ1n) is 6.60. The molecular formula is C13H22N4O3. The molecule has 7 nitrogen and oxygen atoms in total. The standard InChI is InChI=1S/C13H22N4O3/c1-6-16(7-2)12(18)8(3)17-9(4)15-10(11(17)14)13(19)20-5/h8H,6-7,14H2,1-5H3. The number of likely N-dealkylation sites (N-methyl/N-ethyl adjacent to an activating group) is 1. The first-order chi connectivity index (χ1) is 9.38. The molecule has 0 radical (unpaired) electrons. The second-order valence-corrected chi connectivity index (χ2v) is 4.44. The highest BCUT2D eigenvalue weighted by atomic mass is 16.5. The number of nitrogen functional groups attached to an aromatic ring is 1. The minimum Gasteiger partial charge on any atom is -0.464 e. The first-order valence-corrected chi connectivity index (χ1v) is 6.60. The van der Waals surface area contributed by atoms with Crippen molar-refractivity contribution < 1.29 is 14.3 Å². The predicted octanol–water partition coefficient (Wildman–Crippen LogP) is 0.990.